The summed E-state index contributed by atoms with van der Waals surface area (Å²) in [5.74, 6) is 1.67. The summed E-state index contributed by atoms with van der Waals surface area (Å²) in [4.78, 5) is 20.7. The number of carbonyl (C=O) groups is 1. The molecular formula is C17H22N6O2. The molecule has 0 bridgehead atoms. The second-order valence-corrected chi connectivity index (χ2v) is 6.89. The molecule has 0 saturated carbocycles. The van der Waals surface area contributed by atoms with Crippen LogP contribution in [-0.2, 0) is 13.1 Å². The number of likely N-dealkylation sites (tertiary alicyclic amines) is 1. The van der Waals surface area contributed by atoms with Crippen molar-refractivity contribution in [2.45, 2.75) is 38.6 Å². The molecule has 2 atom stereocenters. The van der Waals surface area contributed by atoms with Gasteiger partial charge in [-0.2, -0.15) is 0 Å². The highest BCUT2D eigenvalue weighted by atomic mass is 16.3. The monoisotopic (exact) mass is 342 g/mol. The van der Waals surface area contributed by atoms with Crippen LogP contribution in [0.3, 0.4) is 0 Å². The molecule has 4 heterocycles. The van der Waals surface area contributed by atoms with E-state index in [9.17, 15) is 9.90 Å². The van der Waals surface area contributed by atoms with Gasteiger partial charge in [-0.3, -0.25) is 14.7 Å². The molecule has 2 aromatic heterocycles. The maximum atomic E-state index is 12.8. The highest BCUT2D eigenvalue weighted by Crippen LogP contribution is 2.31. The Morgan fingerprint density at radius 3 is 2.88 bits per heavy atom. The van der Waals surface area contributed by atoms with E-state index in [1.165, 1.54) is 0 Å². The van der Waals surface area contributed by atoms with E-state index in [4.69, 9.17) is 0 Å². The number of aliphatic hydroxyl groups excluding tert-OH is 1. The van der Waals surface area contributed by atoms with E-state index < -0.39 is 0 Å². The largest absolute Gasteiger partial charge is 0.392 e. The highest BCUT2D eigenvalue weighted by Gasteiger charge is 2.35. The Morgan fingerprint density at radius 2 is 2.16 bits per heavy atom. The lowest BCUT2D eigenvalue weighted by Gasteiger charge is -2.29. The van der Waals surface area contributed by atoms with Gasteiger partial charge in [-0.1, -0.05) is 0 Å². The Bertz CT molecular complexity index is 804. The Balaban J connectivity index is 1.55. The number of amides is 1. The molecule has 0 aromatic carbocycles. The van der Waals surface area contributed by atoms with Gasteiger partial charge in [-0.15, -0.1) is 10.2 Å². The first-order valence-electron chi connectivity index (χ1n) is 8.54. The lowest BCUT2D eigenvalue weighted by atomic mass is 10.1. The number of aryl methyl sites for hydroxylation is 1. The molecule has 1 N–H and O–H groups in total. The van der Waals surface area contributed by atoms with Gasteiger partial charge in [0.1, 0.15) is 0 Å². The van der Waals surface area contributed by atoms with Gasteiger partial charge in [-0.05, 0) is 32.0 Å². The zero-order valence-corrected chi connectivity index (χ0v) is 14.5. The van der Waals surface area contributed by atoms with Gasteiger partial charge in [0.15, 0.2) is 11.6 Å². The van der Waals surface area contributed by atoms with Crippen LogP contribution in [0.1, 0.15) is 40.0 Å². The van der Waals surface area contributed by atoms with Gasteiger partial charge < -0.3 is 14.6 Å². The highest BCUT2D eigenvalue weighted by molar-refractivity contribution is 5.95. The van der Waals surface area contributed by atoms with Gasteiger partial charge >= 0.3 is 0 Å². The number of β-amino-alcohol motifs (C(OH)–C–C–N with tert-alkyl or cyclic N) is 1. The second kappa shape index (κ2) is 6.20. The molecule has 2 aromatic rings. The fourth-order valence-electron chi connectivity index (χ4n) is 3.73. The molecule has 0 radical (unpaired) electrons. The minimum Gasteiger partial charge on any atom is -0.392 e. The molecule has 8 nitrogen and oxygen atoms in total. The number of hydrogen-bond donors (Lipinski definition) is 1. The van der Waals surface area contributed by atoms with Gasteiger partial charge in [0.25, 0.3) is 5.91 Å². The van der Waals surface area contributed by atoms with Crippen molar-refractivity contribution in [3.05, 3.63) is 41.2 Å². The first-order valence-corrected chi connectivity index (χ1v) is 8.54. The van der Waals surface area contributed by atoms with Gasteiger partial charge in [0.05, 0.1) is 24.3 Å². The first-order chi connectivity index (χ1) is 12.0. The van der Waals surface area contributed by atoms with Crippen molar-refractivity contribution in [1.82, 2.24) is 29.5 Å². The molecule has 2 aliphatic heterocycles. The summed E-state index contributed by atoms with van der Waals surface area (Å²) in [6, 6.07) is 1.93. The van der Waals surface area contributed by atoms with E-state index in [1.54, 1.807) is 17.3 Å². The fourth-order valence-corrected chi connectivity index (χ4v) is 3.73. The number of aliphatic hydroxyl groups is 1. The van der Waals surface area contributed by atoms with Crippen molar-refractivity contribution in [2.24, 2.45) is 0 Å². The molecule has 132 valence electrons. The van der Waals surface area contributed by atoms with Gasteiger partial charge in [-0.25, -0.2) is 0 Å². The summed E-state index contributed by atoms with van der Waals surface area (Å²) in [5.41, 5.74) is 1.56. The Labute approximate surface area is 146 Å². The standard InChI is InChI=1S/C17H22N6O2/c1-11-3-4-18-8-13(11)17(25)22-5-6-23-15(10-22)19-20-16(23)14-7-12(24)9-21(14)2/h3-4,8,12,14,24H,5-7,9-10H2,1-2H3/t12-,14+/m1/s1. The second-order valence-electron chi connectivity index (χ2n) is 6.89. The topological polar surface area (TPSA) is 87.4 Å². The quantitative estimate of drug-likeness (QED) is 0.849. The first kappa shape index (κ1) is 16.2. The Kier molecular flexibility index (Phi) is 4.01. The number of carbonyl (C=O) groups excluding carboxylic acids is 1. The van der Waals surface area contributed by atoms with Crippen LogP contribution < -0.4 is 0 Å². The molecule has 2 aliphatic rings. The van der Waals surface area contributed by atoms with E-state index in [1.807, 2.05) is 20.0 Å². The average Bonchev–Trinajstić information content (AvgIpc) is 3.16. The van der Waals surface area contributed by atoms with Crippen molar-refractivity contribution in [2.75, 3.05) is 20.1 Å². The summed E-state index contributed by atoms with van der Waals surface area (Å²) in [7, 11) is 1.99. The van der Waals surface area contributed by atoms with Crippen LogP contribution in [0, 0.1) is 6.92 Å². The Hall–Kier alpha value is -2.32. The molecule has 1 saturated heterocycles. The predicted octanol–water partition coefficient (Wildman–Crippen LogP) is 0.375. The zero-order valence-electron chi connectivity index (χ0n) is 14.5. The van der Waals surface area contributed by atoms with Crippen LogP contribution >= 0.6 is 0 Å². The van der Waals surface area contributed by atoms with Crippen molar-refractivity contribution in [3.63, 3.8) is 0 Å². The van der Waals surface area contributed by atoms with E-state index in [0.717, 1.165) is 17.2 Å². The SMILES string of the molecule is Cc1ccncc1C(=O)N1CCn2c(nnc2[C@@H]2C[C@@H](O)CN2C)C1. The molecule has 1 fully saturated rings. The van der Waals surface area contributed by atoms with Crippen LogP contribution in [0.2, 0.25) is 0 Å². The van der Waals surface area contributed by atoms with Crippen molar-refractivity contribution >= 4 is 5.91 Å². The number of pyridine rings is 1. The lowest BCUT2D eigenvalue weighted by Crippen LogP contribution is -2.39. The summed E-state index contributed by atoms with van der Waals surface area (Å²) in [5, 5.41) is 18.5. The molecule has 0 unspecified atom stereocenters. The van der Waals surface area contributed by atoms with Crippen LogP contribution in [0.25, 0.3) is 0 Å². The van der Waals surface area contributed by atoms with Crippen molar-refractivity contribution in [1.29, 1.82) is 0 Å². The van der Waals surface area contributed by atoms with Crippen LogP contribution in [0.5, 0.6) is 0 Å². The van der Waals surface area contributed by atoms with E-state index in [0.29, 0.717) is 38.2 Å². The molecule has 1 amide bonds. The van der Waals surface area contributed by atoms with E-state index >= 15 is 0 Å². The molecular weight excluding hydrogens is 320 g/mol. The summed E-state index contributed by atoms with van der Waals surface area (Å²) in [6.45, 7) is 4.30. The minimum absolute atomic E-state index is 0.0187. The van der Waals surface area contributed by atoms with Crippen molar-refractivity contribution < 1.29 is 9.90 Å². The number of aromatic nitrogens is 4. The number of fused-ring (bicyclic) bond motifs is 1. The van der Waals surface area contributed by atoms with Gasteiger partial charge in [0, 0.05) is 32.0 Å². The third kappa shape index (κ3) is 2.81. The summed E-state index contributed by atoms with van der Waals surface area (Å²) >= 11 is 0. The zero-order chi connectivity index (χ0) is 17.6. The molecule has 4 rings (SSSR count). The number of rotatable bonds is 2. The minimum atomic E-state index is -0.321. The van der Waals surface area contributed by atoms with Crippen LogP contribution in [0.15, 0.2) is 18.5 Å². The third-order valence-corrected chi connectivity index (χ3v) is 5.16. The maximum Gasteiger partial charge on any atom is 0.256 e. The fraction of sp³-hybridized carbons (Fsp3) is 0.529. The number of likely N-dealkylation sites (N-methyl/N-ethyl adjacent to an activating group) is 1. The van der Waals surface area contributed by atoms with Gasteiger partial charge in [0.2, 0.25) is 0 Å². The average molecular weight is 342 g/mol. The van der Waals surface area contributed by atoms with E-state index in [-0.39, 0.29) is 18.1 Å². The normalized spacial score (nSPS) is 23.7. The predicted molar refractivity (Wildman–Crippen MR) is 89.7 cm³/mol. The van der Waals surface area contributed by atoms with Crippen LogP contribution in [0.4, 0.5) is 0 Å². The number of hydrogen-bond acceptors (Lipinski definition) is 6. The molecule has 0 spiro atoms. The van der Waals surface area contributed by atoms with Crippen molar-refractivity contribution in [3.8, 4) is 0 Å². The summed E-state index contributed by atoms with van der Waals surface area (Å²) < 4.78 is 2.10. The molecule has 8 heteroatoms. The van der Waals surface area contributed by atoms with E-state index in [2.05, 4.69) is 24.6 Å². The summed E-state index contributed by atoms with van der Waals surface area (Å²) in [6.07, 6.45) is 3.67. The smallest absolute Gasteiger partial charge is 0.256 e. The Morgan fingerprint density at radius 1 is 1.32 bits per heavy atom. The lowest BCUT2D eigenvalue weighted by molar-refractivity contribution is 0.0704. The maximum absolute atomic E-state index is 12.8. The molecule has 0 aliphatic carbocycles. The third-order valence-electron chi connectivity index (χ3n) is 5.16. The number of nitrogens with zero attached hydrogens (tertiary/aromatic N) is 6. The molecule has 25 heavy (non-hydrogen) atoms. The van der Waals surface area contributed by atoms with Crippen LogP contribution in [-0.4, -0.2) is 66.8 Å².